The van der Waals surface area contributed by atoms with E-state index in [-0.39, 0.29) is 5.91 Å². The van der Waals surface area contributed by atoms with Crippen molar-refractivity contribution in [2.75, 3.05) is 24.3 Å². The van der Waals surface area contributed by atoms with E-state index >= 15 is 0 Å². The van der Waals surface area contributed by atoms with Gasteiger partial charge in [0.15, 0.2) is 0 Å². The Kier molecular flexibility index (Phi) is 4.70. The maximum Gasteiger partial charge on any atom is 0.255 e. The quantitative estimate of drug-likeness (QED) is 0.693. The van der Waals surface area contributed by atoms with Crippen LogP contribution in [0.4, 0.5) is 11.4 Å². The molecule has 1 aliphatic rings. The van der Waals surface area contributed by atoms with Crippen molar-refractivity contribution in [3.63, 3.8) is 0 Å². The minimum absolute atomic E-state index is 0.129. The van der Waals surface area contributed by atoms with Crippen molar-refractivity contribution >= 4 is 28.6 Å². The number of carbonyl (C=O) groups is 1. The molecule has 27 heavy (non-hydrogen) atoms. The van der Waals surface area contributed by atoms with Crippen LogP contribution in [0.5, 0.6) is 0 Å². The zero-order valence-corrected chi connectivity index (χ0v) is 16.5. The van der Waals surface area contributed by atoms with Crippen molar-refractivity contribution in [2.45, 2.75) is 32.1 Å². The van der Waals surface area contributed by atoms with Gasteiger partial charge in [0, 0.05) is 36.1 Å². The van der Waals surface area contributed by atoms with Crippen LogP contribution in [0.25, 0.3) is 10.7 Å². The minimum Gasteiger partial charge on any atom is -0.378 e. The van der Waals surface area contributed by atoms with E-state index in [0.29, 0.717) is 17.3 Å². The van der Waals surface area contributed by atoms with Gasteiger partial charge in [0.25, 0.3) is 5.91 Å². The van der Waals surface area contributed by atoms with E-state index in [9.17, 15) is 4.79 Å². The summed E-state index contributed by atoms with van der Waals surface area (Å²) in [4.78, 5) is 21.0. The highest BCUT2D eigenvalue weighted by Crippen LogP contribution is 2.38. The zero-order chi connectivity index (χ0) is 19.0. The van der Waals surface area contributed by atoms with Crippen LogP contribution in [-0.2, 0) is 0 Å². The number of rotatable bonds is 5. The van der Waals surface area contributed by atoms with Gasteiger partial charge in [-0.2, -0.15) is 4.98 Å². The van der Waals surface area contributed by atoms with Crippen LogP contribution in [0.3, 0.4) is 0 Å². The van der Waals surface area contributed by atoms with Gasteiger partial charge in [-0.05, 0) is 50.1 Å². The lowest BCUT2D eigenvalue weighted by Crippen LogP contribution is -2.13. The molecule has 0 unspecified atom stereocenters. The smallest absolute Gasteiger partial charge is 0.255 e. The third-order valence-electron chi connectivity index (χ3n) is 4.93. The van der Waals surface area contributed by atoms with Crippen molar-refractivity contribution in [1.29, 1.82) is 0 Å². The van der Waals surface area contributed by atoms with Crippen LogP contribution < -0.4 is 10.2 Å². The molecule has 2 heterocycles. The largest absolute Gasteiger partial charge is 0.378 e. The molecule has 1 aliphatic carbocycles. The second kappa shape index (κ2) is 7.15. The van der Waals surface area contributed by atoms with E-state index in [1.165, 1.54) is 6.42 Å². The second-order valence-corrected chi connectivity index (χ2v) is 8.32. The zero-order valence-electron chi connectivity index (χ0n) is 15.7. The fourth-order valence-corrected chi connectivity index (χ4v) is 3.88. The van der Waals surface area contributed by atoms with Gasteiger partial charge < -0.3 is 14.7 Å². The van der Waals surface area contributed by atoms with Crippen molar-refractivity contribution in [1.82, 2.24) is 10.1 Å². The molecule has 0 aliphatic heterocycles. The first-order chi connectivity index (χ1) is 13.0. The molecule has 3 aromatic rings. The number of amides is 1. The summed E-state index contributed by atoms with van der Waals surface area (Å²) >= 11 is 1.56. The normalized spacial score (nSPS) is 14.0. The number of aromatic nitrogens is 2. The van der Waals surface area contributed by atoms with E-state index < -0.39 is 0 Å². The van der Waals surface area contributed by atoms with Gasteiger partial charge in [-0.3, -0.25) is 4.79 Å². The fraction of sp³-hybridized carbons (Fsp3) is 0.350. The topological polar surface area (TPSA) is 71.3 Å². The minimum atomic E-state index is -0.129. The van der Waals surface area contributed by atoms with Gasteiger partial charge in [0.05, 0.1) is 10.6 Å². The van der Waals surface area contributed by atoms with E-state index in [1.54, 1.807) is 11.3 Å². The van der Waals surface area contributed by atoms with Gasteiger partial charge >= 0.3 is 0 Å². The highest BCUT2D eigenvalue weighted by molar-refractivity contribution is 7.16. The van der Waals surface area contributed by atoms with Crippen LogP contribution in [0.15, 0.2) is 34.9 Å². The van der Waals surface area contributed by atoms with Crippen LogP contribution in [0.1, 0.15) is 46.3 Å². The average molecular weight is 382 g/mol. The Balaban J connectivity index is 1.49. The molecule has 2 aromatic heterocycles. The number of benzene rings is 1. The lowest BCUT2D eigenvalue weighted by molar-refractivity contribution is 0.102. The first kappa shape index (κ1) is 17.7. The summed E-state index contributed by atoms with van der Waals surface area (Å²) in [6.07, 6.45) is 3.48. The molecule has 6 nitrogen and oxygen atoms in total. The number of nitrogens with one attached hydrogen (secondary N) is 1. The van der Waals surface area contributed by atoms with E-state index in [2.05, 4.69) is 15.5 Å². The molecule has 1 fully saturated rings. The third kappa shape index (κ3) is 3.60. The number of nitrogens with zero attached hydrogens (tertiary/aromatic N) is 3. The van der Waals surface area contributed by atoms with Crippen LogP contribution in [-0.4, -0.2) is 30.1 Å². The monoisotopic (exact) mass is 382 g/mol. The van der Waals surface area contributed by atoms with Crippen molar-refractivity contribution < 1.29 is 9.32 Å². The third-order valence-corrected chi connectivity index (χ3v) is 5.97. The molecular formula is C20H22N4O2S. The number of carbonyl (C=O) groups excluding carboxylic acids is 1. The second-order valence-electron chi connectivity index (χ2n) is 7.06. The number of aryl methyl sites for hydroxylation is 1. The lowest BCUT2D eigenvalue weighted by atomic mass is 9.85. The molecule has 0 spiro atoms. The Bertz CT molecular complexity index is 955. The summed E-state index contributed by atoms with van der Waals surface area (Å²) in [6, 6.07) is 9.44. The predicted molar refractivity (Wildman–Crippen MR) is 108 cm³/mol. The first-order valence-corrected chi connectivity index (χ1v) is 9.86. The van der Waals surface area contributed by atoms with Crippen LogP contribution in [0.2, 0.25) is 0 Å². The molecule has 4 rings (SSSR count). The van der Waals surface area contributed by atoms with Gasteiger partial charge in [0.1, 0.15) is 0 Å². The molecule has 1 aromatic carbocycles. The molecular weight excluding hydrogens is 360 g/mol. The van der Waals surface area contributed by atoms with E-state index in [4.69, 9.17) is 4.52 Å². The van der Waals surface area contributed by atoms with Gasteiger partial charge in [-0.25, -0.2) is 0 Å². The predicted octanol–water partition coefficient (Wildman–Crippen LogP) is 4.69. The van der Waals surface area contributed by atoms with Crippen molar-refractivity contribution in [3.05, 3.63) is 46.7 Å². The number of hydrogen-bond acceptors (Lipinski definition) is 6. The van der Waals surface area contributed by atoms with Gasteiger partial charge in [0.2, 0.25) is 11.7 Å². The molecule has 1 amide bonds. The summed E-state index contributed by atoms with van der Waals surface area (Å²) in [5.74, 6) is 1.61. The summed E-state index contributed by atoms with van der Waals surface area (Å²) < 4.78 is 5.41. The van der Waals surface area contributed by atoms with Crippen LogP contribution >= 0.6 is 11.3 Å². The van der Waals surface area contributed by atoms with Crippen LogP contribution in [0, 0.1) is 6.92 Å². The number of anilines is 2. The molecule has 1 saturated carbocycles. The molecule has 0 bridgehead atoms. The summed E-state index contributed by atoms with van der Waals surface area (Å²) in [7, 11) is 3.94. The Hall–Kier alpha value is -2.67. The maximum absolute atomic E-state index is 12.6. The fourth-order valence-electron chi connectivity index (χ4n) is 2.98. The summed E-state index contributed by atoms with van der Waals surface area (Å²) in [6.45, 7) is 1.98. The highest BCUT2D eigenvalue weighted by atomic mass is 32.1. The lowest BCUT2D eigenvalue weighted by Gasteiger charge is -2.20. The molecule has 140 valence electrons. The summed E-state index contributed by atoms with van der Waals surface area (Å²) in [5.41, 5.74) is 2.46. The first-order valence-electron chi connectivity index (χ1n) is 9.04. The molecule has 0 atom stereocenters. The van der Waals surface area contributed by atoms with Gasteiger partial charge in [-0.1, -0.05) is 11.6 Å². The molecule has 0 saturated heterocycles. The highest BCUT2D eigenvalue weighted by Gasteiger charge is 2.26. The van der Waals surface area contributed by atoms with Gasteiger partial charge in [-0.15, -0.1) is 11.3 Å². The van der Waals surface area contributed by atoms with E-state index in [0.717, 1.165) is 39.9 Å². The Morgan fingerprint density at radius 1 is 1.26 bits per heavy atom. The molecule has 1 N–H and O–H groups in total. The maximum atomic E-state index is 12.6. The number of hydrogen-bond donors (Lipinski definition) is 1. The standard InChI is InChI=1S/C20H22N4O2S/c1-12-16(21-19(25)13-7-9-15(10-8-13)24(2)3)11-17(27-12)18-22-20(26-23-18)14-5-4-6-14/h7-11,14H,4-6H2,1-3H3,(H,21,25). The Morgan fingerprint density at radius 2 is 2.00 bits per heavy atom. The number of thiophene rings is 1. The molecule has 0 radical (unpaired) electrons. The Labute approximate surface area is 162 Å². The average Bonchev–Trinajstić information content (AvgIpc) is 3.21. The SMILES string of the molecule is Cc1sc(-c2noc(C3CCC3)n2)cc1NC(=O)c1ccc(N(C)C)cc1. The van der Waals surface area contributed by atoms with Crippen molar-refractivity contribution in [2.24, 2.45) is 0 Å². The summed E-state index contributed by atoms with van der Waals surface area (Å²) in [5, 5.41) is 7.10. The Morgan fingerprint density at radius 3 is 2.63 bits per heavy atom. The van der Waals surface area contributed by atoms with E-state index in [1.807, 2.05) is 56.3 Å². The molecule has 7 heteroatoms. The van der Waals surface area contributed by atoms with Crippen molar-refractivity contribution in [3.8, 4) is 10.7 Å².